The largest absolute Gasteiger partial charge is 0.335 e. The van der Waals surface area contributed by atoms with Crippen LogP contribution < -0.4 is 5.73 Å². The normalized spacial score (nSPS) is 16.2. The van der Waals surface area contributed by atoms with Gasteiger partial charge in [0.05, 0.1) is 0 Å². The number of carbonyl (C=O) groups is 1. The fraction of sp³-hybridized carbons (Fsp3) is 0.588. The van der Waals surface area contributed by atoms with Crippen molar-refractivity contribution in [1.82, 2.24) is 4.90 Å². The lowest BCUT2D eigenvalue weighted by atomic mass is 10.0. The van der Waals surface area contributed by atoms with E-state index in [0.717, 1.165) is 19.4 Å². The molecule has 0 heterocycles. The third kappa shape index (κ3) is 4.07. The maximum absolute atomic E-state index is 12.5. The van der Waals surface area contributed by atoms with E-state index in [1.807, 2.05) is 4.90 Å². The zero-order chi connectivity index (χ0) is 14.7. The molecule has 1 aliphatic rings. The average molecular weight is 274 g/mol. The van der Waals surface area contributed by atoms with E-state index in [0.29, 0.717) is 18.4 Å². The zero-order valence-corrected chi connectivity index (χ0v) is 12.8. The number of nitrogens with two attached hydrogens (primary N) is 1. The zero-order valence-electron chi connectivity index (χ0n) is 12.8. The molecule has 1 fully saturated rings. The highest BCUT2D eigenvalue weighted by Crippen LogP contribution is 2.29. The Morgan fingerprint density at radius 1 is 1.40 bits per heavy atom. The van der Waals surface area contributed by atoms with Crippen LogP contribution >= 0.6 is 0 Å². The molecule has 0 aliphatic heterocycles. The molecule has 0 aromatic heterocycles. The van der Waals surface area contributed by atoms with Crippen molar-refractivity contribution in [2.75, 3.05) is 0 Å². The summed E-state index contributed by atoms with van der Waals surface area (Å²) in [5, 5.41) is 0. The molecule has 0 bridgehead atoms. The molecule has 0 radical (unpaired) electrons. The molecule has 110 valence electrons. The summed E-state index contributed by atoms with van der Waals surface area (Å²) < 4.78 is 0. The lowest BCUT2D eigenvalue weighted by Gasteiger charge is -2.25. The van der Waals surface area contributed by atoms with Gasteiger partial charge in [0.15, 0.2) is 0 Å². The molecule has 1 saturated carbocycles. The van der Waals surface area contributed by atoms with Crippen molar-refractivity contribution in [3.63, 3.8) is 0 Å². The number of nitrogens with zero attached hydrogens (tertiary/aromatic N) is 1. The van der Waals surface area contributed by atoms with Crippen LogP contribution in [0.1, 0.15) is 44.2 Å². The van der Waals surface area contributed by atoms with Crippen LogP contribution in [0.4, 0.5) is 0 Å². The van der Waals surface area contributed by atoms with Gasteiger partial charge in [-0.3, -0.25) is 4.79 Å². The Balaban J connectivity index is 2.02. The Kier molecular flexibility index (Phi) is 4.81. The minimum absolute atomic E-state index is 0.0405. The summed E-state index contributed by atoms with van der Waals surface area (Å²) in [7, 11) is 0. The second-order valence-electron chi connectivity index (χ2n) is 6.35. The minimum Gasteiger partial charge on any atom is -0.335 e. The van der Waals surface area contributed by atoms with Crippen molar-refractivity contribution in [3.05, 3.63) is 35.4 Å². The maximum Gasteiger partial charge on any atom is 0.224 e. The first-order valence-corrected chi connectivity index (χ1v) is 7.58. The molecular weight excluding hydrogens is 248 g/mol. The molecule has 0 spiro atoms. The molecule has 1 aliphatic carbocycles. The second kappa shape index (κ2) is 6.40. The molecule has 3 nitrogen and oxygen atoms in total. The number of hydrogen-bond acceptors (Lipinski definition) is 2. The summed E-state index contributed by atoms with van der Waals surface area (Å²) in [6.07, 6.45) is 2.73. The number of carbonyl (C=O) groups excluding carboxylic acids is 1. The van der Waals surface area contributed by atoms with Gasteiger partial charge in [0, 0.05) is 25.0 Å². The Morgan fingerprint density at radius 3 is 2.65 bits per heavy atom. The third-order valence-corrected chi connectivity index (χ3v) is 4.01. The van der Waals surface area contributed by atoms with Gasteiger partial charge in [-0.25, -0.2) is 0 Å². The molecule has 3 heteroatoms. The monoisotopic (exact) mass is 274 g/mol. The SMILES string of the molecule is Cc1cccc(CN(C(=O)CC(N)C(C)C)C2CC2)c1. The lowest BCUT2D eigenvalue weighted by Crippen LogP contribution is -2.38. The van der Waals surface area contributed by atoms with Crippen LogP contribution in [0.15, 0.2) is 24.3 Å². The van der Waals surface area contributed by atoms with E-state index >= 15 is 0 Å². The average Bonchev–Trinajstić information content (AvgIpc) is 3.20. The van der Waals surface area contributed by atoms with Gasteiger partial charge in [-0.1, -0.05) is 43.7 Å². The highest BCUT2D eigenvalue weighted by molar-refractivity contribution is 5.77. The van der Waals surface area contributed by atoms with Crippen LogP contribution in [0, 0.1) is 12.8 Å². The standard InChI is InChI=1S/C17H26N2O/c1-12(2)16(18)10-17(20)19(15-7-8-15)11-14-6-4-5-13(3)9-14/h4-6,9,12,15-16H,7-8,10-11,18H2,1-3H3. The predicted octanol–water partition coefficient (Wildman–Crippen LogP) is 2.86. The fourth-order valence-electron chi connectivity index (χ4n) is 2.37. The second-order valence-corrected chi connectivity index (χ2v) is 6.35. The molecule has 2 rings (SSSR count). The number of aryl methyl sites for hydroxylation is 1. The first kappa shape index (κ1) is 15.0. The highest BCUT2D eigenvalue weighted by atomic mass is 16.2. The molecule has 1 aromatic rings. The van der Waals surface area contributed by atoms with Gasteiger partial charge in [-0.05, 0) is 31.2 Å². The van der Waals surface area contributed by atoms with E-state index in [4.69, 9.17) is 5.73 Å². The molecule has 1 atom stereocenters. The molecule has 1 unspecified atom stereocenters. The smallest absolute Gasteiger partial charge is 0.224 e. The van der Waals surface area contributed by atoms with Crippen molar-refractivity contribution >= 4 is 5.91 Å². The van der Waals surface area contributed by atoms with E-state index in [1.54, 1.807) is 0 Å². The van der Waals surface area contributed by atoms with Gasteiger partial charge in [0.1, 0.15) is 0 Å². The Bertz CT molecular complexity index is 466. The van der Waals surface area contributed by atoms with Gasteiger partial charge < -0.3 is 10.6 Å². The van der Waals surface area contributed by atoms with Crippen molar-refractivity contribution in [2.45, 2.75) is 58.7 Å². The van der Waals surface area contributed by atoms with Crippen LogP contribution in [0.2, 0.25) is 0 Å². The van der Waals surface area contributed by atoms with Crippen LogP contribution in [-0.2, 0) is 11.3 Å². The molecule has 0 saturated heterocycles. The fourth-order valence-corrected chi connectivity index (χ4v) is 2.37. The number of hydrogen-bond donors (Lipinski definition) is 1. The quantitative estimate of drug-likeness (QED) is 0.867. The van der Waals surface area contributed by atoms with E-state index in [-0.39, 0.29) is 11.9 Å². The Labute approximate surface area is 122 Å². The number of amides is 1. The van der Waals surface area contributed by atoms with E-state index in [1.165, 1.54) is 11.1 Å². The molecule has 20 heavy (non-hydrogen) atoms. The number of rotatable bonds is 6. The summed E-state index contributed by atoms with van der Waals surface area (Å²) in [5.41, 5.74) is 8.50. The van der Waals surface area contributed by atoms with Gasteiger partial charge >= 0.3 is 0 Å². The molecule has 2 N–H and O–H groups in total. The minimum atomic E-state index is -0.0405. The molecular formula is C17H26N2O. The topological polar surface area (TPSA) is 46.3 Å². The van der Waals surface area contributed by atoms with Crippen molar-refractivity contribution < 1.29 is 4.79 Å². The summed E-state index contributed by atoms with van der Waals surface area (Å²) >= 11 is 0. The Hall–Kier alpha value is -1.35. The summed E-state index contributed by atoms with van der Waals surface area (Å²) in [4.78, 5) is 14.5. The van der Waals surface area contributed by atoms with Crippen LogP contribution in [0.25, 0.3) is 0 Å². The van der Waals surface area contributed by atoms with Crippen LogP contribution in [0.5, 0.6) is 0 Å². The van der Waals surface area contributed by atoms with Crippen LogP contribution in [0.3, 0.4) is 0 Å². The van der Waals surface area contributed by atoms with Crippen molar-refractivity contribution in [1.29, 1.82) is 0 Å². The lowest BCUT2D eigenvalue weighted by molar-refractivity contribution is -0.133. The van der Waals surface area contributed by atoms with Gasteiger partial charge in [0.25, 0.3) is 0 Å². The third-order valence-electron chi connectivity index (χ3n) is 4.01. The maximum atomic E-state index is 12.5. The first-order valence-electron chi connectivity index (χ1n) is 7.58. The Morgan fingerprint density at radius 2 is 2.10 bits per heavy atom. The van der Waals surface area contributed by atoms with E-state index in [9.17, 15) is 4.79 Å². The molecule has 1 amide bonds. The van der Waals surface area contributed by atoms with Crippen molar-refractivity contribution in [3.8, 4) is 0 Å². The highest BCUT2D eigenvalue weighted by Gasteiger charge is 2.33. The van der Waals surface area contributed by atoms with Crippen LogP contribution in [-0.4, -0.2) is 22.9 Å². The predicted molar refractivity (Wildman–Crippen MR) is 82.2 cm³/mol. The van der Waals surface area contributed by atoms with Gasteiger partial charge in [-0.15, -0.1) is 0 Å². The summed E-state index contributed by atoms with van der Waals surface area (Å²) in [6.45, 7) is 6.94. The van der Waals surface area contributed by atoms with Crippen molar-refractivity contribution in [2.24, 2.45) is 11.7 Å². The number of benzene rings is 1. The van der Waals surface area contributed by atoms with E-state index < -0.39 is 0 Å². The van der Waals surface area contributed by atoms with E-state index in [2.05, 4.69) is 45.0 Å². The van der Waals surface area contributed by atoms with Gasteiger partial charge in [0.2, 0.25) is 5.91 Å². The molecule has 1 aromatic carbocycles. The van der Waals surface area contributed by atoms with Gasteiger partial charge in [-0.2, -0.15) is 0 Å². The first-order chi connectivity index (χ1) is 9.47. The summed E-state index contributed by atoms with van der Waals surface area (Å²) in [6, 6.07) is 8.79. The summed E-state index contributed by atoms with van der Waals surface area (Å²) in [5.74, 6) is 0.550.